The van der Waals surface area contributed by atoms with Gasteiger partial charge in [-0.05, 0) is 60.4 Å². The van der Waals surface area contributed by atoms with E-state index in [2.05, 4.69) is 52.0 Å². The number of anilines is 1. The highest BCUT2D eigenvalue weighted by molar-refractivity contribution is 5.68. The number of nitrogens with two attached hydrogens (primary N) is 1. The molecule has 3 N–H and O–H groups in total. The van der Waals surface area contributed by atoms with Crippen LogP contribution in [0, 0.1) is 13.8 Å². The Balaban J connectivity index is 2.05. The van der Waals surface area contributed by atoms with Crippen LogP contribution < -0.4 is 10.5 Å². The Morgan fingerprint density at radius 1 is 1.16 bits per heavy atom. The van der Waals surface area contributed by atoms with Gasteiger partial charge in [0.15, 0.2) is 0 Å². The van der Waals surface area contributed by atoms with Crippen molar-refractivity contribution < 1.29 is 9.84 Å². The van der Waals surface area contributed by atoms with Crippen molar-refractivity contribution in [3.8, 4) is 5.75 Å². The van der Waals surface area contributed by atoms with Gasteiger partial charge in [0.2, 0.25) is 0 Å². The average Bonchev–Trinajstić information content (AvgIpc) is 3.05. The predicted molar refractivity (Wildman–Crippen MR) is 104 cm³/mol. The highest BCUT2D eigenvalue weighted by atomic mass is 16.5. The molecule has 1 atom stereocenters. The van der Waals surface area contributed by atoms with E-state index in [-0.39, 0.29) is 12.5 Å². The second-order valence-corrected chi connectivity index (χ2v) is 7.40. The van der Waals surface area contributed by atoms with Crippen molar-refractivity contribution in [3.63, 3.8) is 0 Å². The van der Waals surface area contributed by atoms with Gasteiger partial charge in [-0.1, -0.05) is 38.1 Å². The molecule has 3 heteroatoms. The number of nitrogen functional groups attached to an aromatic ring is 1. The van der Waals surface area contributed by atoms with E-state index < -0.39 is 0 Å². The summed E-state index contributed by atoms with van der Waals surface area (Å²) in [5.74, 6) is 1.76. The summed E-state index contributed by atoms with van der Waals surface area (Å²) < 4.78 is 6.15. The van der Waals surface area contributed by atoms with Gasteiger partial charge in [0.05, 0.1) is 6.61 Å². The van der Waals surface area contributed by atoms with Crippen LogP contribution in [-0.2, 0) is 6.42 Å². The molecule has 1 aliphatic heterocycles. The summed E-state index contributed by atoms with van der Waals surface area (Å²) in [7, 11) is 0. The van der Waals surface area contributed by atoms with Crippen LogP contribution >= 0.6 is 0 Å². The van der Waals surface area contributed by atoms with E-state index in [1.807, 2.05) is 0 Å². The molecule has 3 nitrogen and oxygen atoms in total. The van der Waals surface area contributed by atoms with Crippen molar-refractivity contribution >= 4 is 5.69 Å². The lowest BCUT2D eigenvalue weighted by molar-refractivity contribution is 0.287. The SMILES string of the molecule is Cc1c(N)c(C)c2c(c1CCCO)OCC2c1ccc(C(C)C)cc1. The van der Waals surface area contributed by atoms with Crippen LogP contribution in [-0.4, -0.2) is 18.3 Å². The maximum atomic E-state index is 9.22. The number of aliphatic hydroxyl groups is 1. The van der Waals surface area contributed by atoms with Gasteiger partial charge in [-0.15, -0.1) is 0 Å². The first-order valence-electron chi connectivity index (χ1n) is 9.20. The van der Waals surface area contributed by atoms with Crippen molar-refractivity contribution in [1.29, 1.82) is 0 Å². The van der Waals surface area contributed by atoms with Gasteiger partial charge in [0, 0.05) is 23.8 Å². The third-order valence-electron chi connectivity index (χ3n) is 5.52. The standard InChI is InChI=1S/C22H29NO2/c1-13(2)16-7-9-17(10-8-16)19-12-25-22-18(6-5-11-24)14(3)21(23)15(4)20(19)22/h7-10,13,19,24H,5-6,11-12,23H2,1-4H3. The Hall–Kier alpha value is -2.00. The molecule has 0 saturated heterocycles. The van der Waals surface area contributed by atoms with Crippen molar-refractivity contribution in [3.05, 3.63) is 57.6 Å². The minimum atomic E-state index is 0.183. The molecular weight excluding hydrogens is 310 g/mol. The quantitative estimate of drug-likeness (QED) is 0.791. The number of benzene rings is 2. The molecule has 0 aliphatic carbocycles. The summed E-state index contributed by atoms with van der Waals surface area (Å²) in [6.07, 6.45) is 1.53. The van der Waals surface area contributed by atoms with E-state index >= 15 is 0 Å². The highest BCUT2D eigenvalue weighted by Crippen LogP contribution is 2.46. The molecule has 0 saturated carbocycles. The third kappa shape index (κ3) is 3.13. The van der Waals surface area contributed by atoms with Crippen LogP contribution in [0.15, 0.2) is 24.3 Å². The monoisotopic (exact) mass is 339 g/mol. The van der Waals surface area contributed by atoms with Crippen LogP contribution in [0.5, 0.6) is 5.75 Å². The molecule has 0 aromatic heterocycles. The van der Waals surface area contributed by atoms with E-state index in [1.54, 1.807) is 0 Å². The number of ether oxygens (including phenoxy) is 1. The zero-order valence-corrected chi connectivity index (χ0v) is 15.7. The molecular formula is C22H29NO2. The minimum Gasteiger partial charge on any atom is -0.492 e. The second kappa shape index (κ2) is 7.09. The molecule has 25 heavy (non-hydrogen) atoms. The lowest BCUT2D eigenvalue weighted by Crippen LogP contribution is -2.06. The maximum Gasteiger partial charge on any atom is 0.127 e. The molecule has 0 spiro atoms. The van der Waals surface area contributed by atoms with Gasteiger partial charge in [-0.25, -0.2) is 0 Å². The molecule has 0 bridgehead atoms. The minimum absolute atomic E-state index is 0.183. The molecule has 1 unspecified atom stereocenters. The summed E-state index contributed by atoms with van der Waals surface area (Å²) in [5.41, 5.74) is 14.5. The maximum absolute atomic E-state index is 9.22. The van der Waals surface area contributed by atoms with Gasteiger partial charge >= 0.3 is 0 Å². The van der Waals surface area contributed by atoms with E-state index in [0.29, 0.717) is 12.5 Å². The van der Waals surface area contributed by atoms with E-state index in [4.69, 9.17) is 10.5 Å². The molecule has 2 aromatic carbocycles. The molecule has 134 valence electrons. The number of rotatable bonds is 5. The first-order valence-corrected chi connectivity index (χ1v) is 9.20. The lowest BCUT2D eigenvalue weighted by Gasteiger charge is -2.19. The summed E-state index contributed by atoms with van der Waals surface area (Å²) in [6.45, 7) is 9.42. The number of hydrogen-bond acceptors (Lipinski definition) is 3. The van der Waals surface area contributed by atoms with Crippen molar-refractivity contribution in [1.82, 2.24) is 0 Å². The fraction of sp³-hybridized carbons (Fsp3) is 0.455. The number of fused-ring (bicyclic) bond motifs is 1. The van der Waals surface area contributed by atoms with Gasteiger partial charge in [-0.3, -0.25) is 0 Å². The normalized spacial score (nSPS) is 16.2. The summed E-state index contributed by atoms with van der Waals surface area (Å²) in [6, 6.07) is 8.89. The van der Waals surface area contributed by atoms with Crippen molar-refractivity contribution in [2.24, 2.45) is 0 Å². The van der Waals surface area contributed by atoms with Crippen molar-refractivity contribution in [2.45, 2.75) is 52.4 Å². The lowest BCUT2D eigenvalue weighted by atomic mass is 9.85. The zero-order chi connectivity index (χ0) is 18.1. The van der Waals surface area contributed by atoms with Crippen LogP contribution in [0.25, 0.3) is 0 Å². The molecule has 3 rings (SSSR count). The number of hydrogen-bond donors (Lipinski definition) is 2. The Morgan fingerprint density at radius 3 is 2.44 bits per heavy atom. The Kier molecular flexibility index (Phi) is 5.05. The second-order valence-electron chi connectivity index (χ2n) is 7.40. The molecule has 0 amide bonds. The van der Waals surface area contributed by atoms with Gasteiger partial charge in [0.25, 0.3) is 0 Å². The average molecular weight is 339 g/mol. The van der Waals surface area contributed by atoms with E-state index in [9.17, 15) is 5.11 Å². The Morgan fingerprint density at radius 2 is 1.84 bits per heavy atom. The molecule has 1 aliphatic rings. The first kappa shape index (κ1) is 17.8. The van der Waals surface area contributed by atoms with Gasteiger partial charge in [-0.2, -0.15) is 0 Å². The third-order valence-corrected chi connectivity index (χ3v) is 5.52. The largest absolute Gasteiger partial charge is 0.492 e. The topological polar surface area (TPSA) is 55.5 Å². The van der Waals surface area contributed by atoms with E-state index in [0.717, 1.165) is 41.0 Å². The van der Waals surface area contributed by atoms with E-state index in [1.165, 1.54) is 16.7 Å². The summed E-state index contributed by atoms with van der Waals surface area (Å²) in [5, 5.41) is 9.22. The number of aliphatic hydroxyl groups excluding tert-OH is 1. The zero-order valence-electron chi connectivity index (χ0n) is 15.7. The fourth-order valence-electron chi connectivity index (χ4n) is 3.86. The van der Waals surface area contributed by atoms with Gasteiger partial charge in [0.1, 0.15) is 5.75 Å². The summed E-state index contributed by atoms with van der Waals surface area (Å²) >= 11 is 0. The molecule has 2 aromatic rings. The first-order chi connectivity index (χ1) is 12.0. The van der Waals surface area contributed by atoms with Crippen LogP contribution in [0.2, 0.25) is 0 Å². The molecule has 1 heterocycles. The van der Waals surface area contributed by atoms with Crippen molar-refractivity contribution in [2.75, 3.05) is 18.9 Å². The predicted octanol–water partition coefficient (Wildman–Crippen LogP) is 4.46. The Bertz CT molecular complexity index is 763. The smallest absolute Gasteiger partial charge is 0.127 e. The van der Waals surface area contributed by atoms with Crippen LogP contribution in [0.4, 0.5) is 5.69 Å². The fourth-order valence-corrected chi connectivity index (χ4v) is 3.86. The van der Waals surface area contributed by atoms with Gasteiger partial charge < -0.3 is 15.6 Å². The highest BCUT2D eigenvalue weighted by Gasteiger charge is 2.32. The summed E-state index contributed by atoms with van der Waals surface area (Å²) in [4.78, 5) is 0. The van der Waals surface area contributed by atoms with Crippen LogP contribution in [0.3, 0.4) is 0 Å². The molecule has 0 fully saturated rings. The Labute approximate surface area is 150 Å². The molecule has 0 radical (unpaired) electrons. The van der Waals surface area contributed by atoms with Crippen LogP contribution in [0.1, 0.15) is 65.5 Å².